The maximum absolute atomic E-state index is 5.48. The predicted octanol–water partition coefficient (Wildman–Crippen LogP) is 2.11. The van der Waals surface area contributed by atoms with E-state index in [4.69, 9.17) is 22.6 Å². The topological polar surface area (TPSA) is 46.2 Å². The summed E-state index contributed by atoms with van der Waals surface area (Å²) in [5.41, 5.74) is 0. The molecule has 0 aromatic rings. The molecule has 0 atom stereocenters. The Hall–Kier alpha value is -0.350. The summed E-state index contributed by atoms with van der Waals surface area (Å²) in [4.78, 5) is 0. The average Bonchev–Trinajstić information content (AvgIpc) is 2.61. The Morgan fingerprint density at radius 1 is 1.08 bits per heavy atom. The third kappa shape index (κ3) is 1.15. The predicted molar refractivity (Wildman–Crippen MR) is 46.4 cm³/mol. The Labute approximate surface area is 76.9 Å². The number of hydrogen-bond acceptors (Lipinski definition) is 5. The SMILES string of the molecule is COP12(OCCO1)OC(C)=C(C)O2. The fourth-order valence-electron chi connectivity index (χ4n) is 1.29. The van der Waals surface area contributed by atoms with E-state index >= 15 is 0 Å². The summed E-state index contributed by atoms with van der Waals surface area (Å²) in [6.07, 6.45) is 0. The van der Waals surface area contributed by atoms with Crippen molar-refractivity contribution in [3.63, 3.8) is 0 Å². The minimum absolute atomic E-state index is 0.437. The van der Waals surface area contributed by atoms with Gasteiger partial charge in [-0.2, -0.15) is 0 Å². The molecule has 5 nitrogen and oxygen atoms in total. The Morgan fingerprint density at radius 2 is 1.54 bits per heavy atom. The van der Waals surface area contributed by atoms with Crippen molar-refractivity contribution in [3.8, 4) is 0 Å². The molecule has 2 heterocycles. The van der Waals surface area contributed by atoms with E-state index in [0.717, 1.165) is 0 Å². The average molecular weight is 208 g/mol. The first-order valence-electron chi connectivity index (χ1n) is 4.06. The van der Waals surface area contributed by atoms with Crippen LogP contribution in [0.3, 0.4) is 0 Å². The Morgan fingerprint density at radius 3 is 1.92 bits per heavy atom. The van der Waals surface area contributed by atoms with E-state index in [1.54, 1.807) is 13.8 Å². The Bertz CT molecular complexity index is 250. The van der Waals surface area contributed by atoms with Crippen LogP contribution in [0.15, 0.2) is 11.5 Å². The van der Waals surface area contributed by atoms with E-state index in [-0.39, 0.29) is 0 Å². The molecule has 0 bridgehead atoms. The van der Waals surface area contributed by atoms with Crippen LogP contribution in [0, 0.1) is 0 Å². The quantitative estimate of drug-likeness (QED) is 0.617. The first-order valence-corrected chi connectivity index (χ1v) is 5.88. The van der Waals surface area contributed by atoms with Crippen LogP contribution in [0.5, 0.6) is 0 Å². The molecular formula is C7H13O5P. The molecule has 2 aliphatic rings. The first-order chi connectivity index (χ1) is 6.09. The molecule has 0 radical (unpaired) electrons. The van der Waals surface area contributed by atoms with Gasteiger partial charge in [-0.05, 0) is 0 Å². The molecule has 76 valence electrons. The van der Waals surface area contributed by atoms with Crippen molar-refractivity contribution in [1.29, 1.82) is 0 Å². The van der Waals surface area contributed by atoms with Crippen LogP contribution in [0.1, 0.15) is 13.8 Å². The maximum atomic E-state index is 5.48. The summed E-state index contributed by atoms with van der Waals surface area (Å²) in [7, 11) is -2.20. The van der Waals surface area contributed by atoms with Crippen molar-refractivity contribution in [3.05, 3.63) is 11.5 Å². The standard InChI is InChI=1S/C7H13O5P/c1-6-7(2)12-13(8-3,11-6)9-4-5-10-13/h4-5H2,1-3H3. The zero-order chi connectivity index (χ0) is 9.55. The van der Waals surface area contributed by atoms with Gasteiger partial charge in [-0.1, -0.05) is 0 Å². The second-order valence-electron chi connectivity index (χ2n) is 2.89. The molecule has 0 amide bonds. The van der Waals surface area contributed by atoms with Gasteiger partial charge in [0.15, 0.2) is 0 Å². The third-order valence-corrected chi connectivity index (χ3v) is 5.00. The summed E-state index contributed by atoms with van der Waals surface area (Å²) < 4.78 is 26.9. The van der Waals surface area contributed by atoms with Crippen LogP contribution in [-0.4, -0.2) is 20.3 Å². The van der Waals surface area contributed by atoms with Crippen molar-refractivity contribution in [2.75, 3.05) is 20.3 Å². The van der Waals surface area contributed by atoms with Crippen molar-refractivity contribution in [2.24, 2.45) is 0 Å². The van der Waals surface area contributed by atoms with Crippen molar-refractivity contribution < 1.29 is 22.6 Å². The monoisotopic (exact) mass is 208 g/mol. The van der Waals surface area contributed by atoms with Gasteiger partial charge in [-0.15, -0.1) is 0 Å². The Balaban J connectivity index is 2.31. The van der Waals surface area contributed by atoms with Crippen LogP contribution in [0.4, 0.5) is 0 Å². The van der Waals surface area contributed by atoms with Gasteiger partial charge >= 0.3 is 76.0 Å². The molecule has 1 saturated heterocycles. The first kappa shape index (κ1) is 9.21. The van der Waals surface area contributed by atoms with Crippen LogP contribution in [0.25, 0.3) is 0 Å². The zero-order valence-corrected chi connectivity index (χ0v) is 8.80. The van der Waals surface area contributed by atoms with Gasteiger partial charge in [0.25, 0.3) is 0 Å². The molecule has 0 aliphatic carbocycles. The molecule has 1 spiro atoms. The minimum atomic E-state index is -3.66. The fraction of sp³-hybridized carbons (Fsp3) is 0.714. The third-order valence-electron chi connectivity index (χ3n) is 2.05. The van der Waals surface area contributed by atoms with Gasteiger partial charge in [-0.3, -0.25) is 0 Å². The molecule has 2 rings (SSSR count). The molecule has 0 aromatic heterocycles. The van der Waals surface area contributed by atoms with Gasteiger partial charge in [-0.25, -0.2) is 0 Å². The van der Waals surface area contributed by atoms with Gasteiger partial charge in [0, 0.05) is 0 Å². The normalized spacial score (nSPS) is 32.4. The Kier molecular flexibility index (Phi) is 1.83. The molecule has 1 fully saturated rings. The molecule has 6 heteroatoms. The van der Waals surface area contributed by atoms with E-state index < -0.39 is 7.74 Å². The summed E-state index contributed by atoms with van der Waals surface area (Å²) in [5, 5.41) is 0. The second kappa shape index (κ2) is 2.58. The van der Waals surface area contributed by atoms with Crippen molar-refractivity contribution in [2.45, 2.75) is 13.8 Å². The number of allylic oxidation sites excluding steroid dienone is 2. The summed E-state index contributed by atoms with van der Waals surface area (Å²) >= 11 is 0. The molecular weight excluding hydrogens is 195 g/mol. The second-order valence-corrected chi connectivity index (χ2v) is 5.63. The van der Waals surface area contributed by atoms with Gasteiger partial charge in [0.2, 0.25) is 0 Å². The molecule has 0 saturated carbocycles. The number of rotatable bonds is 1. The fourth-order valence-corrected chi connectivity index (χ4v) is 3.87. The van der Waals surface area contributed by atoms with Crippen LogP contribution in [-0.2, 0) is 22.6 Å². The molecule has 2 aliphatic heterocycles. The van der Waals surface area contributed by atoms with Gasteiger partial charge in [0.05, 0.1) is 0 Å². The number of hydrogen-bond donors (Lipinski definition) is 0. The van der Waals surface area contributed by atoms with E-state index in [1.165, 1.54) is 7.11 Å². The molecule has 0 N–H and O–H groups in total. The van der Waals surface area contributed by atoms with E-state index in [0.29, 0.717) is 24.7 Å². The zero-order valence-electron chi connectivity index (χ0n) is 7.90. The van der Waals surface area contributed by atoms with Gasteiger partial charge in [0.1, 0.15) is 0 Å². The van der Waals surface area contributed by atoms with E-state index in [9.17, 15) is 0 Å². The van der Waals surface area contributed by atoms with Gasteiger partial charge < -0.3 is 0 Å². The summed E-state index contributed by atoms with van der Waals surface area (Å²) in [6.45, 7) is 4.46. The molecule has 13 heavy (non-hydrogen) atoms. The van der Waals surface area contributed by atoms with Crippen LogP contribution in [0.2, 0.25) is 0 Å². The summed E-state index contributed by atoms with van der Waals surface area (Å²) in [6, 6.07) is 0. The van der Waals surface area contributed by atoms with Crippen molar-refractivity contribution >= 4 is 7.74 Å². The summed E-state index contributed by atoms with van der Waals surface area (Å²) in [5.74, 6) is 1.31. The molecule has 0 aromatic carbocycles. The van der Waals surface area contributed by atoms with Crippen LogP contribution < -0.4 is 0 Å². The molecule has 0 unspecified atom stereocenters. The van der Waals surface area contributed by atoms with E-state index in [1.807, 2.05) is 0 Å². The van der Waals surface area contributed by atoms with Crippen molar-refractivity contribution in [1.82, 2.24) is 0 Å². The van der Waals surface area contributed by atoms with Crippen LogP contribution >= 0.6 is 7.74 Å². The van der Waals surface area contributed by atoms with E-state index in [2.05, 4.69) is 0 Å².